The molecule has 0 aliphatic heterocycles. The van der Waals surface area contributed by atoms with E-state index in [4.69, 9.17) is 0 Å². The molecule has 7 nitrogen and oxygen atoms in total. The Bertz CT molecular complexity index is 1150. The summed E-state index contributed by atoms with van der Waals surface area (Å²) in [6, 6.07) is 6.39. The summed E-state index contributed by atoms with van der Waals surface area (Å²) in [5.74, 6) is 1.36. The SMILES string of the molecule is CCC(C)(C)[C@@H]1CCc2sc3ncnc(N/N=C(/C)c4ccc([N+](=O)[O-])cc4)c3c2C1. The molecule has 1 atom stereocenters. The molecule has 3 aromatic rings. The third kappa shape index (κ3) is 4.17. The van der Waals surface area contributed by atoms with Crippen LogP contribution in [0, 0.1) is 21.4 Å². The average molecular weight is 438 g/mol. The molecule has 2 heterocycles. The number of hydrogen-bond acceptors (Lipinski definition) is 7. The van der Waals surface area contributed by atoms with Gasteiger partial charge in [0.25, 0.3) is 5.69 Å². The number of nitro groups is 1. The summed E-state index contributed by atoms with van der Waals surface area (Å²) in [6.45, 7) is 8.87. The molecular weight excluding hydrogens is 410 g/mol. The third-order valence-electron chi connectivity index (χ3n) is 6.68. The van der Waals surface area contributed by atoms with Crippen molar-refractivity contribution >= 4 is 38.8 Å². The van der Waals surface area contributed by atoms with E-state index in [1.807, 2.05) is 6.92 Å². The Kier molecular flexibility index (Phi) is 5.75. The number of nitrogens with one attached hydrogen (secondary N) is 1. The molecule has 31 heavy (non-hydrogen) atoms. The zero-order valence-corrected chi connectivity index (χ0v) is 19.1. The second kappa shape index (κ2) is 8.34. The fraction of sp³-hybridized carbons (Fsp3) is 0.435. The Labute approximate surface area is 185 Å². The topological polar surface area (TPSA) is 93.3 Å². The summed E-state index contributed by atoms with van der Waals surface area (Å²) in [4.78, 5) is 21.9. The predicted octanol–water partition coefficient (Wildman–Crippen LogP) is 5.98. The third-order valence-corrected chi connectivity index (χ3v) is 7.88. The first-order chi connectivity index (χ1) is 14.8. The molecule has 0 spiro atoms. The van der Waals surface area contributed by atoms with E-state index in [2.05, 4.69) is 41.3 Å². The van der Waals surface area contributed by atoms with Gasteiger partial charge in [0, 0.05) is 17.0 Å². The summed E-state index contributed by atoms with van der Waals surface area (Å²) < 4.78 is 0. The minimum Gasteiger partial charge on any atom is -0.260 e. The summed E-state index contributed by atoms with van der Waals surface area (Å²) in [6.07, 6.45) is 6.10. The number of thiophene rings is 1. The molecule has 4 rings (SSSR count). The van der Waals surface area contributed by atoms with Crippen LogP contribution in [0.5, 0.6) is 0 Å². The van der Waals surface area contributed by atoms with Crippen molar-refractivity contribution in [2.24, 2.45) is 16.4 Å². The molecule has 1 aliphatic carbocycles. The summed E-state index contributed by atoms with van der Waals surface area (Å²) in [7, 11) is 0. The highest BCUT2D eigenvalue weighted by atomic mass is 32.1. The van der Waals surface area contributed by atoms with Crippen molar-refractivity contribution in [2.75, 3.05) is 5.43 Å². The van der Waals surface area contributed by atoms with E-state index in [1.54, 1.807) is 29.8 Å². The number of aryl methyl sites for hydroxylation is 1. The van der Waals surface area contributed by atoms with E-state index in [-0.39, 0.29) is 5.69 Å². The van der Waals surface area contributed by atoms with Crippen LogP contribution < -0.4 is 5.43 Å². The predicted molar refractivity (Wildman–Crippen MR) is 126 cm³/mol. The number of nitrogens with zero attached hydrogens (tertiary/aromatic N) is 4. The van der Waals surface area contributed by atoms with Gasteiger partial charge in [0.1, 0.15) is 11.2 Å². The van der Waals surface area contributed by atoms with E-state index < -0.39 is 4.92 Å². The summed E-state index contributed by atoms with van der Waals surface area (Å²) in [5.41, 5.74) is 6.43. The minimum atomic E-state index is -0.404. The number of hydrogen-bond donors (Lipinski definition) is 1. The van der Waals surface area contributed by atoms with E-state index in [1.165, 1.54) is 29.0 Å². The van der Waals surface area contributed by atoms with Crippen molar-refractivity contribution in [2.45, 2.75) is 53.4 Å². The van der Waals surface area contributed by atoms with Gasteiger partial charge >= 0.3 is 0 Å². The van der Waals surface area contributed by atoms with Crippen LogP contribution in [0.1, 0.15) is 56.5 Å². The van der Waals surface area contributed by atoms with Gasteiger partial charge in [-0.3, -0.25) is 15.5 Å². The van der Waals surface area contributed by atoms with Gasteiger partial charge in [-0.2, -0.15) is 5.10 Å². The first-order valence-electron chi connectivity index (χ1n) is 10.6. The van der Waals surface area contributed by atoms with Gasteiger partial charge in [0.2, 0.25) is 0 Å². The molecule has 8 heteroatoms. The Morgan fingerprint density at radius 3 is 2.74 bits per heavy atom. The fourth-order valence-corrected chi connectivity index (χ4v) is 5.36. The average Bonchev–Trinajstić information content (AvgIpc) is 3.16. The molecule has 1 N–H and O–H groups in total. The Morgan fingerprint density at radius 2 is 2.06 bits per heavy atom. The maximum absolute atomic E-state index is 10.9. The van der Waals surface area contributed by atoms with Gasteiger partial charge < -0.3 is 0 Å². The van der Waals surface area contributed by atoms with Crippen LogP contribution in [0.3, 0.4) is 0 Å². The number of anilines is 1. The van der Waals surface area contributed by atoms with Gasteiger partial charge in [0.05, 0.1) is 16.0 Å². The van der Waals surface area contributed by atoms with E-state index in [0.717, 1.165) is 46.6 Å². The molecule has 162 valence electrons. The first-order valence-corrected chi connectivity index (χ1v) is 11.4. The normalized spacial score (nSPS) is 16.9. The Hall–Kier alpha value is -2.87. The molecule has 0 saturated carbocycles. The number of rotatable bonds is 6. The molecular formula is C23H27N5O2S. The highest BCUT2D eigenvalue weighted by molar-refractivity contribution is 7.19. The molecule has 0 unspecified atom stereocenters. The largest absolute Gasteiger partial charge is 0.269 e. The molecule has 1 aromatic carbocycles. The number of aromatic nitrogens is 2. The van der Waals surface area contributed by atoms with Crippen molar-refractivity contribution in [1.29, 1.82) is 0 Å². The number of fused-ring (bicyclic) bond motifs is 3. The van der Waals surface area contributed by atoms with Crippen molar-refractivity contribution in [3.8, 4) is 0 Å². The first kappa shape index (κ1) is 21.4. The quantitative estimate of drug-likeness (QED) is 0.291. The van der Waals surface area contributed by atoms with Gasteiger partial charge in [-0.05, 0) is 60.8 Å². The number of benzene rings is 1. The maximum atomic E-state index is 10.9. The highest BCUT2D eigenvalue weighted by Crippen LogP contribution is 2.45. The standard InChI is InChI=1S/C23H27N5O2S/c1-5-23(3,4)16-8-11-19-18(12-16)20-21(24-13-25-22(20)31-19)27-26-14(2)15-6-9-17(10-7-15)28(29)30/h6-7,9-10,13,16H,5,8,11-12H2,1-4H3,(H,24,25,27)/b26-14-/t16-/m1/s1. The molecule has 0 saturated heterocycles. The van der Waals surface area contributed by atoms with Gasteiger partial charge in [-0.25, -0.2) is 9.97 Å². The van der Waals surface area contributed by atoms with Gasteiger partial charge in [-0.15, -0.1) is 11.3 Å². The molecule has 0 radical (unpaired) electrons. The second-order valence-electron chi connectivity index (χ2n) is 8.80. The monoisotopic (exact) mass is 437 g/mol. The minimum absolute atomic E-state index is 0.0662. The molecule has 2 aromatic heterocycles. The summed E-state index contributed by atoms with van der Waals surface area (Å²) in [5, 5.41) is 16.5. The van der Waals surface area contributed by atoms with Crippen molar-refractivity contribution in [3.63, 3.8) is 0 Å². The lowest BCUT2D eigenvalue weighted by atomic mass is 9.69. The molecule has 0 amide bonds. The molecule has 1 aliphatic rings. The summed E-state index contributed by atoms with van der Waals surface area (Å²) >= 11 is 1.77. The zero-order chi connectivity index (χ0) is 22.2. The molecule has 0 fully saturated rings. The van der Waals surface area contributed by atoms with E-state index in [0.29, 0.717) is 11.3 Å². The van der Waals surface area contributed by atoms with Crippen LogP contribution in [0.25, 0.3) is 10.2 Å². The second-order valence-corrected chi connectivity index (χ2v) is 9.88. The smallest absolute Gasteiger partial charge is 0.260 e. The Balaban J connectivity index is 1.64. The number of nitro benzene ring substituents is 1. The van der Waals surface area contributed by atoms with E-state index in [9.17, 15) is 10.1 Å². The van der Waals surface area contributed by atoms with Crippen molar-refractivity contribution in [3.05, 3.63) is 56.7 Å². The van der Waals surface area contributed by atoms with Gasteiger partial charge in [0.15, 0.2) is 5.82 Å². The number of hydrazone groups is 1. The van der Waals surface area contributed by atoms with Gasteiger partial charge in [-0.1, -0.05) is 27.2 Å². The van der Waals surface area contributed by atoms with E-state index >= 15 is 0 Å². The van der Waals surface area contributed by atoms with Crippen molar-refractivity contribution in [1.82, 2.24) is 9.97 Å². The van der Waals surface area contributed by atoms with Crippen LogP contribution in [-0.4, -0.2) is 20.6 Å². The van der Waals surface area contributed by atoms with Crippen LogP contribution in [0.15, 0.2) is 35.7 Å². The lowest BCUT2D eigenvalue weighted by molar-refractivity contribution is -0.384. The van der Waals surface area contributed by atoms with Crippen LogP contribution in [-0.2, 0) is 12.8 Å². The Morgan fingerprint density at radius 1 is 1.32 bits per heavy atom. The fourth-order valence-electron chi connectivity index (χ4n) is 4.17. The lowest BCUT2D eigenvalue weighted by Gasteiger charge is -2.36. The highest BCUT2D eigenvalue weighted by Gasteiger charge is 2.33. The lowest BCUT2D eigenvalue weighted by Crippen LogP contribution is -2.28. The number of non-ortho nitro benzene ring substituents is 1. The zero-order valence-electron chi connectivity index (χ0n) is 18.3. The van der Waals surface area contributed by atoms with Crippen LogP contribution >= 0.6 is 11.3 Å². The molecule has 0 bridgehead atoms. The van der Waals surface area contributed by atoms with Crippen LogP contribution in [0.2, 0.25) is 0 Å². The maximum Gasteiger partial charge on any atom is 0.269 e. The van der Waals surface area contributed by atoms with Crippen molar-refractivity contribution < 1.29 is 4.92 Å². The van der Waals surface area contributed by atoms with Crippen LogP contribution in [0.4, 0.5) is 11.5 Å².